The summed E-state index contributed by atoms with van der Waals surface area (Å²) in [6.45, 7) is 4.69. The Kier molecular flexibility index (Phi) is 5.14. The fourth-order valence-electron chi connectivity index (χ4n) is 1.91. The highest BCUT2D eigenvalue weighted by Gasteiger charge is 2.19. The third-order valence-electron chi connectivity index (χ3n) is 3.26. The van der Waals surface area contributed by atoms with Crippen LogP contribution in [-0.2, 0) is 0 Å². The molecule has 0 bridgehead atoms. The van der Waals surface area contributed by atoms with E-state index in [0.717, 1.165) is 0 Å². The second-order valence-electron chi connectivity index (χ2n) is 4.54. The van der Waals surface area contributed by atoms with E-state index in [0.29, 0.717) is 13.0 Å². The van der Waals surface area contributed by atoms with Crippen LogP contribution in [0.5, 0.6) is 0 Å². The first-order valence-corrected chi connectivity index (χ1v) is 5.95. The molecule has 17 heavy (non-hydrogen) atoms. The topological polar surface area (TPSA) is 53.0 Å². The summed E-state index contributed by atoms with van der Waals surface area (Å²) in [6.07, 6.45) is 0.527. The third-order valence-corrected chi connectivity index (χ3v) is 3.26. The van der Waals surface area contributed by atoms with Crippen molar-refractivity contribution in [3.05, 3.63) is 35.4 Å². The molecule has 2 atom stereocenters. The Morgan fingerprint density at radius 3 is 2.41 bits per heavy atom. The molecule has 0 fully saturated rings. The average Bonchev–Trinajstić information content (AvgIpc) is 2.32. The van der Waals surface area contributed by atoms with Gasteiger partial charge in [-0.2, -0.15) is 5.26 Å². The van der Waals surface area contributed by atoms with E-state index >= 15 is 0 Å². The molecule has 1 aromatic rings. The van der Waals surface area contributed by atoms with Crippen molar-refractivity contribution in [1.82, 2.24) is 4.90 Å². The number of aryl methyl sites for hydroxylation is 1. The molecule has 0 amide bonds. The second-order valence-corrected chi connectivity index (χ2v) is 4.54. The maximum atomic E-state index is 8.74. The second kappa shape index (κ2) is 6.39. The summed E-state index contributed by atoms with van der Waals surface area (Å²) >= 11 is 0. The molecule has 0 saturated heterocycles. The third kappa shape index (κ3) is 3.55. The fourth-order valence-corrected chi connectivity index (χ4v) is 1.91. The van der Waals surface area contributed by atoms with Gasteiger partial charge in [0.2, 0.25) is 0 Å². The standard InChI is InChI=1S/C14H21N3/c1-11-4-6-13(7-5-11)14(10-16)17(3)12(2)8-9-15/h4-7,12,14H,8,10,16H2,1-3H3. The lowest BCUT2D eigenvalue weighted by molar-refractivity contribution is 0.191. The summed E-state index contributed by atoms with van der Waals surface area (Å²) in [5.74, 6) is 0. The van der Waals surface area contributed by atoms with Crippen LogP contribution in [-0.4, -0.2) is 24.5 Å². The number of hydrogen-bond acceptors (Lipinski definition) is 3. The van der Waals surface area contributed by atoms with Gasteiger partial charge in [-0.05, 0) is 26.5 Å². The Morgan fingerprint density at radius 2 is 1.94 bits per heavy atom. The van der Waals surface area contributed by atoms with Gasteiger partial charge in [0.05, 0.1) is 12.5 Å². The molecule has 2 N–H and O–H groups in total. The summed E-state index contributed by atoms with van der Waals surface area (Å²) in [5.41, 5.74) is 8.31. The van der Waals surface area contributed by atoms with Crippen molar-refractivity contribution in [2.75, 3.05) is 13.6 Å². The normalized spacial score (nSPS) is 14.4. The van der Waals surface area contributed by atoms with E-state index in [9.17, 15) is 0 Å². The maximum Gasteiger partial charge on any atom is 0.0638 e. The summed E-state index contributed by atoms with van der Waals surface area (Å²) in [6, 6.07) is 11.0. The quantitative estimate of drug-likeness (QED) is 0.845. The Balaban J connectivity index is 2.84. The zero-order chi connectivity index (χ0) is 12.8. The zero-order valence-corrected chi connectivity index (χ0v) is 10.9. The Labute approximate surface area is 104 Å². The van der Waals surface area contributed by atoms with E-state index < -0.39 is 0 Å². The first-order valence-electron chi connectivity index (χ1n) is 5.95. The molecule has 0 aliphatic carbocycles. The van der Waals surface area contributed by atoms with Gasteiger partial charge in [0, 0.05) is 18.6 Å². The molecule has 3 nitrogen and oxygen atoms in total. The number of rotatable bonds is 5. The lowest BCUT2D eigenvalue weighted by atomic mass is 10.0. The SMILES string of the molecule is Cc1ccc(C(CN)N(C)C(C)CC#N)cc1. The van der Waals surface area contributed by atoms with E-state index in [-0.39, 0.29) is 12.1 Å². The zero-order valence-electron chi connectivity index (χ0n) is 10.9. The van der Waals surface area contributed by atoms with Crippen LogP contribution in [0.1, 0.15) is 30.5 Å². The van der Waals surface area contributed by atoms with Crippen molar-refractivity contribution in [3.63, 3.8) is 0 Å². The van der Waals surface area contributed by atoms with Gasteiger partial charge in [0.15, 0.2) is 0 Å². The Hall–Kier alpha value is -1.37. The summed E-state index contributed by atoms with van der Waals surface area (Å²) in [4.78, 5) is 2.17. The smallest absolute Gasteiger partial charge is 0.0638 e. The summed E-state index contributed by atoms with van der Waals surface area (Å²) in [7, 11) is 2.03. The lowest BCUT2D eigenvalue weighted by Gasteiger charge is -2.31. The van der Waals surface area contributed by atoms with Gasteiger partial charge in [-0.3, -0.25) is 4.90 Å². The van der Waals surface area contributed by atoms with Crippen LogP contribution in [0.2, 0.25) is 0 Å². The van der Waals surface area contributed by atoms with E-state index in [1.54, 1.807) is 0 Å². The molecule has 3 heteroatoms. The number of benzene rings is 1. The molecule has 0 aliphatic heterocycles. The van der Waals surface area contributed by atoms with Crippen molar-refractivity contribution in [1.29, 1.82) is 5.26 Å². The minimum absolute atomic E-state index is 0.180. The number of nitrogens with zero attached hydrogens (tertiary/aromatic N) is 2. The average molecular weight is 231 g/mol. The highest BCUT2D eigenvalue weighted by Crippen LogP contribution is 2.21. The van der Waals surface area contributed by atoms with E-state index in [1.807, 2.05) is 7.05 Å². The maximum absolute atomic E-state index is 8.74. The molecule has 92 valence electrons. The van der Waals surface area contributed by atoms with E-state index in [2.05, 4.69) is 49.1 Å². The predicted octanol–water partition coefficient (Wildman–Crippen LogP) is 2.23. The number of likely N-dealkylation sites (N-methyl/N-ethyl adjacent to an activating group) is 1. The Bertz CT molecular complexity index is 377. The van der Waals surface area contributed by atoms with Crippen LogP contribution in [0, 0.1) is 18.3 Å². The van der Waals surface area contributed by atoms with Crippen LogP contribution >= 0.6 is 0 Å². The van der Waals surface area contributed by atoms with Crippen LogP contribution in [0.3, 0.4) is 0 Å². The largest absolute Gasteiger partial charge is 0.329 e. The van der Waals surface area contributed by atoms with Gasteiger partial charge >= 0.3 is 0 Å². The van der Waals surface area contributed by atoms with Crippen LogP contribution in [0.25, 0.3) is 0 Å². The molecular weight excluding hydrogens is 210 g/mol. The van der Waals surface area contributed by atoms with E-state index in [4.69, 9.17) is 11.0 Å². The summed E-state index contributed by atoms with van der Waals surface area (Å²) in [5, 5.41) is 8.74. The van der Waals surface area contributed by atoms with Crippen molar-refractivity contribution >= 4 is 0 Å². The van der Waals surface area contributed by atoms with Crippen LogP contribution < -0.4 is 5.73 Å². The van der Waals surface area contributed by atoms with Gasteiger partial charge in [0.1, 0.15) is 0 Å². The highest BCUT2D eigenvalue weighted by atomic mass is 15.2. The predicted molar refractivity (Wildman–Crippen MR) is 70.4 cm³/mol. The van der Waals surface area contributed by atoms with Gasteiger partial charge in [-0.1, -0.05) is 29.8 Å². The molecule has 1 rings (SSSR count). The van der Waals surface area contributed by atoms with Gasteiger partial charge in [-0.15, -0.1) is 0 Å². The summed E-state index contributed by atoms with van der Waals surface area (Å²) < 4.78 is 0. The lowest BCUT2D eigenvalue weighted by Crippen LogP contribution is -2.36. The molecule has 0 radical (unpaired) electrons. The van der Waals surface area contributed by atoms with Gasteiger partial charge < -0.3 is 5.73 Å². The molecule has 0 aliphatic rings. The van der Waals surface area contributed by atoms with Crippen molar-refractivity contribution in [2.45, 2.75) is 32.4 Å². The molecule has 0 heterocycles. The fraction of sp³-hybridized carbons (Fsp3) is 0.500. The van der Waals surface area contributed by atoms with Crippen molar-refractivity contribution in [3.8, 4) is 6.07 Å². The molecule has 2 unspecified atom stereocenters. The van der Waals surface area contributed by atoms with Crippen LogP contribution in [0.15, 0.2) is 24.3 Å². The monoisotopic (exact) mass is 231 g/mol. The molecule has 0 aromatic heterocycles. The highest BCUT2D eigenvalue weighted by molar-refractivity contribution is 5.24. The number of nitrogens with two attached hydrogens (primary N) is 1. The minimum Gasteiger partial charge on any atom is -0.329 e. The number of hydrogen-bond donors (Lipinski definition) is 1. The molecule has 1 aromatic carbocycles. The van der Waals surface area contributed by atoms with Crippen LogP contribution in [0.4, 0.5) is 0 Å². The van der Waals surface area contributed by atoms with Gasteiger partial charge in [-0.25, -0.2) is 0 Å². The van der Waals surface area contributed by atoms with Gasteiger partial charge in [0.25, 0.3) is 0 Å². The van der Waals surface area contributed by atoms with E-state index in [1.165, 1.54) is 11.1 Å². The van der Waals surface area contributed by atoms with Crippen molar-refractivity contribution in [2.24, 2.45) is 5.73 Å². The number of nitriles is 1. The molecule has 0 saturated carbocycles. The first-order chi connectivity index (χ1) is 8.10. The first kappa shape index (κ1) is 13.7. The molecular formula is C14H21N3. The molecule has 0 spiro atoms. The van der Waals surface area contributed by atoms with Crippen molar-refractivity contribution < 1.29 is 0 Å². The minimum atomic E-state index is 0.180. The Morgan fingerprint density at radius 1 is 1.35 bits per heavy atom.